The maximum Gasteiger partial charge on any atom is 0.407 e. The number of aromatic nitrogens is 3. The van der Waals surface area contributed by atoms with E-state index in [1.165, 1.54) is 0 Å². The minimum atomic E-state index is -0.460. The van der Waals surface area contributed by atoms with Gasteiger partial charge in [-0.1, -0.05) is 48.5 Å². The van der Waals surface area contributed by atoms with Gasteiger partial charge in [-0.15, -0.1) is 0 Å². The monoisotopic (exact) mass is 530 g/mol. The third kappa shape index (κ3) is 6.74. The number of nitrogens with zero attached hydrogens (tertiary/aromatic N) is 3. The number of pyridine rings is 1. The Hall–Kier alpha value is -3.95. The number of hydrogen-bond donors (Lipinski definition) is 2. The molecule has 0 aliphatic carbocycles. The van der Waals surface area contributed by atoms with Crippen LogP contribution in [0.5, 0.6) is 5.88 Å². The molecular formula is C30H34N4O5. The maximum absolute atomic E-state index is 12.0. The summed E-state index contributed by atoms with van der Waals surface area (Å²) in [5.41, 5.74) is 4.32. The number of aliphatic hydroxyl groups excluding tert-OH is 1. The van der Waals surface area contributed by atoms with Gasteiger partial charge in [-0.2, -0.15) is 5.10 Å². The lowest BCUT2D eigenvalue weighted by Crippen LogP contribution is -2.28. The van der Waals surface area contributed by atoms with Gasteiger partial charge >= 0.3 is 6.09 Å². The predicted molar refractivity (Wildman–Crippen MR) is 147 cm³/mol. The Labute approximate surface area is 227 Å². The van der Waals surface area contributed by atoms with Crippen LogP contribution in [-0.2, 0) is 22.7 Å². The van der Waals surface area contributed by atoms with Gasteiger partial charge in [-0.3, -0.25) is 0 Å². The third-order valence-corrected chi connectivity index (χ3v) is 6.73. The Kier molecular flexibility index (Phi) is 8.70. The second-order valence-electron chi connectivity index (χ2n) is 9.72. The molecule has 39 heavy (non-hydrogen) atoms. The number of carbonyl (C=O) groups is 1. The molecule has 2 N–H and O–H groups in total. The van der Waals surface area contributed by atoms with Crippen LogP contribution in [-0.4, -0.2) is 45.2 Å². The maximum atomic E-state index is 12.0. The van der Waals surface area contributed by atoms with Crippen LogP contribution in [0.15, 0.2) is 66.9 Å². The van der Waals surface area contributed by atoms with Gasteiger partial charge in [-0.05, 0) is 43.4 Å². The molecule has 0 radical (unpaired) electrons. The van der Waals surface area contributed by atoms with Crippen molar-refractivity contribution in [2.75, 3.05) is 13.2 Å². The van der Waals surface area contributed by atoms with E-state index in [0.717, 1.165) is 52.5 Å². The average molecular weight is 531 g/mol. The van der Waals surface area contributed by atoms with Crippen LogP contribution >= 0.6 is 0 Å². The summed E-state index contributed by atoms with van der Waals surface area (Å²) in [5.74, 6) is 0.477. The van der Waals surface area contributed by atoms with Gasteiger partial charge in [0.05, 0.1) is 24.4 Å². The number of nitrogens with one attached hydrogen (secondary N) is 1. The average Bonchev–Trinajstić information content (AvgIpc) is 3.36. The summed E-state index contributed by atoms with van der Waals surface area (Å²) in [6, 6.07) is 19.2. The predicted octanol–water partition coefficient (Wildman–Crippen LogP) is 5.37. The SMILES string of the molecule is CC(CCNC(=O)OCc1ccccc1)Oc1cc2c(-c3cccc(CO)c3)nn(C3CCCCO3)c2cn1. The molecule has 9 heteroatoms. The highest BCUT2D eigenvalue weighted by molar-refractivity contribution is 5.93. The summed E-state index contributed by atoms with van der Waals surface area (Å²) in [6.07, 6.45) is 4.59. The lowest BCUT2D eigenvalue weighted by atomic mass is 10.1. The zero-order valence-corrected chi connectivity index (χ0v) is 22.1. The van der Waals surface area contributed by atoms with E-state index >= 15 is 0 Å². The Morgan fingerprint density at radius 2 is 2.00 bits per heavy atom. The van der Waals surface area contributed by atoms with E-state index in [-0.39, 0.29) is 25.5 Å². The molecule has 3 heterocycles. The lowest BCUT2D eigenvalue weighted by Gasteiger charge is -2.23. The second kappa shape index (κ2) is 12.7. The number of alkyl carbamates (subject to hydrolysis) is 1. The number of hydrogen-bond acceptors (Lipinski definition) is 7. The largest absolute Gasteiger partial charge is 0.475 e. The topological polar surface area (TPSA) is 108 Å². The number of aliphatic hydroxyl groups is 1. The van der Waals surface area contributed by atoms with Gasteiger partial charge < -0.3 is 24.6 Å². The van der Waals surface area contributed by atoms with Gasteiger partial charge in [0.2, 0.25) is 5.88 Å². The summed E-state index contributed by atoms with van der Waals surface area (Å²) in [5, 5.41) is 18.3. The molecule has 1 fully saturated rings. The highest BCUT2D eigenvalue weighted by Gasteiger charge is 2.23. The van der Waals surface area contributed by atoms with Gasteiger partial charge in [-0.25, -0.2) is 14.5 Å². The van der Waals surface area contributed by atoms with Crippen molar-refractivity contribution in [1.29, 1.82) is 0 Å². The number of amides is 1. The summed E-state index contributed by atoms with van der Waals surface area (Å²) in [6.45, 7) is 3.24. The second-order valence-corrected chi connectivity index (χ2v) is 9.72. The smallest absolute Gasteiger partial charge is 0.407 e. The summed E-state index contributed by atoms with van der Waals surface area (Å²) >= 11 is 0. The van der Waals surface area contributed by atoms with E-state index in [4.69, 9.17) is 19.3 Å². The first-order valence-electron chi connectivity index (χ1n) is 13.4. The third-order valence-electron chi connectivity index (χ3n) is 6.73. The molecule has 1 aliphatic heterocycles. The van der Waals surface area contributed by atoms with Crippen molar-refractivity contribution in [2.45, 2.75) is 58.2 Å². The fraction of sp³-hybridized carbons (Fsp3) is 0.367. The normalized spacial score (nSPS) is 16.1. The molecule has 4 aromatic rings. The molecular weight excluding hydrogens is 496 g/mol. The summed E-state index contributed by atoms with van der Waals surface area (Å²) in [7, 11) is 0. The zero-order valence-electron chi connectivity index (χ0n) is 22.1. The molecule has 2 aromatic heterocycles. The Morgan fingerprint density at radius 3 is 2.79 bits per heavy atom. The molecule has 0 saturated carbocycles. The first-order chi connectivity index (χ1) is 19.1. The quantitative estimate of drug-likeness (QED) is 0.284. The van der Waals surface area contributed by atoms with Crippen LogP contribution in [0.1, 0.15) is 50.0 Å². The van der Waals surface area contributed by atoms with E-state index < -0.39 is 6.09 Å². The fourth-order valence-corrected chi connectivity index (χ4v) is 4.66. The highest BCUT2D eigenvalue weighted by Crippen LogP contribution is 2.34. The van der Waals surface area contributed by atoms with Crippen LogP contribution < -0.4 is 10.1 Å². The minimum Gasteiger partial charge on any atom is -0.475 e. The van der Waals surface area contributed by atoms with E-state index in [9.17, 15) is 9.90 Å². The number of carbonyl (C=O) groups excluding carboxylic acids is 1. The minimum absolute atomic E-state index is 0.0422. The van der Waals surface area contributed by atoms with Crippen LogP contribution in [0.2, 0.25) is 0 Å². The van der Waals surface area contributed by atoms with Gasteiger partial charge in [0.15, 0.2) is 6.23 Å². The highest BCUT2D eigenvalue weighted by atomic mass is 16.5. The molecule has 9 nitrogen and oxygen atoms in total. The first-order valence-corrected chi connectivity index (χ1v) is 13.4. The van der Waals surface area contributed by atoms with Crippen LogP contribution in [0, 0.1) is 0 Å². The molecule has 204 valence electrons. The van der Waals surface area contributed by atoms with Crippen molar-refractivity contribution in [3.63, 3.8) is 0 Å². The van der Waals surface area contributed by atoms with Crippen molar-refractivity contribution < 1.29 is 24.1 Å². The van der Waals surface area contributed by atoms with Crippen molar-refractivity contribution in [3.8, 4) is 17.1 Å². The molecule has 2 atom stereocenters. The molecule has 1 amide bonds. The van der Waals surface area contributed by atoms with E-state index in [0.29, 0.717) is 25.5 Å². The summed E-state index contributed by atoms with van der Waals surface area (Å²) < 4.78 is 19.3. The Bertz CT molecular complexity index is 1380. The zero-order chi connectivity index (χ0) is 27.0. The van der Waals surface area contributed by atoms with E-state index in [1.54, 1.807) is 6.20 Å². The van der Waals surface area contributed by atoms with Crippen molar-refractivity contribution in [1.82, 2.24) is 20.1 Å². The molecule has 0 bridgehead atoms. The number of ether oxygens (including phenoxy) is 3. The first kappa shape index (κ1) is 26.6. The molecule has 2 unspecified atom stereocenters. The lowest BCUT2D eigenvalue weighted by molar-refractivity contribution is -0.0365. The van der Waals surface area contributed by atoms with Crippen LogP contribution in [0.25, 0.3) is 22.2 Å². The molecule has 2 aromatic carbocycles. The Morgan fingerprint density at radius 1 is 1.15 bits per heavy atom. The molecule has 5 rings (SSSR count). The van der Waals surface area contributed by atoms with Crippen molar-refractivity contribution in [2.24, 2.45) is 0 Å². The van der Waals surface area contributed by atoms with E-state index in [2.05, 4.69) is 10.3 Å². The van der Waals surface area contributed by atoms with Crippen molar-refractivity contribution in [3.05, 3.63) is 78.0 Å². The fourth-order valence-electron chi connectivity index (χ4n) is 4.66. The Balaban J connectivity index is 1.26. The van der Waals surface area contributed by atoms with Crippen molar-refractivity contribution >= 4 is 17.0 Å². The molecule has 1 saturated heterocycles. The standard InChI is InChI=1S/C30H34N4O5/c1-21(13-14-31-30(36)38-20-22-8-3-2-4-9-22)39-27-17-25-26(18-32-27)34(28-12-5-6-15-37-28)33-29(25)24-11-7-10-23(16-24)19-35/h2-4,7-11,16-18,21,28,35H,5-6,12-15,19-20H2,1H3,(H,31,36). The van der Waals surface area contributed by atoms with Gasteiger partial charge in [0, 0.05) is 36.6 Å². The van der Waals surface area contributed by atoms with Crippen LogP contribution in [0.4, 0.5) is 4.79 Å². The number of rotatable bonds is 10. The summed E-state index contributed by atoms with van der Waals surface area (Å²) in [4.78, 5) is 16.6. The number of fused-ring (bicyclic) bond motifs is 1. The molecule has 0 spiro atoms. The van der Waals surface area contributed by atoms with E-state index in [1.807, 2.05) is 72.3 Å². The molecule has 1 aliphatic rings. The van der Waals surface area contributed by atoms with Crippen LogP contribution in [0.3, 0.4) is 0 Å². The van der Waals surface area contributed by atoms with Gasteiger partial charge in [0.25, 0.3) is 0 Å². The van der Waals surface area contributed by atoms with Gasteiger partial charge in [0.1, 0.15) is 12.3 Å². The number of benzene rings is 2.